The van der Waals surface area contributed by atoms with Gasteiger partial charge >= 0.3 is 0 Å². The van der Waals surface area contributed by atoms with Crippen LogP contribution in [0.5, 0.6) is 0 Å². The van der Waals surface area contributed by atoms with Crippen LogP contribution >= 0.6 is 11.6 Å². The predicted octanol–water partition coefficient (Wildman–Crippen LogP) is 5.64. The van der Waals surface area contributed by atoms with Gasteiger partial charge < -0.3 is 10.2 Å². The summed E-state index contributed by atoms with van der Waals surface area (Å²) in [5.41, 5.74) is 3.82. The predicted molar refractivity (Wildman–Crippen MR) is 166 cm³/mol. The highest BCUT2D eigenvalue weighted by molar-refractivity contribution is 6.30. The molecule has 0 unspecified atom stereocenters. The molecule has 0 bridgehead atoms. The fraction of sp³-hybridized carbons (Fsp3) is 0.206. The Bertz CT molecular complexity index is 1770. The summed E-state index contributed by atoms with van der Waals surface area (Å²) in [5, 5.41) is 5.05. The van der Waals surface area contributed by atoms with E-state index < -0.39 is 0 Å². The molecule has 3 aromatic carbocycles. The SMILES string of the molecule is O=c1cc(C#Cc2cccc(Cl)c2)c2cnc(N3CCC(NCCc4ccccc4)CC3)nc2n1-c1ccccc1. The number of aromatic nitrogens is 3. The van der Waals surface area contributed by atoms with E-state index in [0.717, 1.165) is 55.5 Å². The molecule has 5 aromatic rings. The van der Waals surface area contributed by atoms with Crippen LogP contribution in [-0.4, -0.2) is 40.2 Å². The molecular formula is C34H30ClN5O. The van der Waals surface area contributed by atoms with Gasteiger partial charge in [-0.1, -0.05) is 78.0 Å². The average molecular weight is 560 g/mol. The zero-order chi connectivity index (χ0) is 28.0. The molecule has 6 nitrogen and oxygen atoms in total. The zero-order valence-electron chi connectivity index (χ0n) is 22.6. The Morgan fingerprint density at radius 2 is 1.66 bits per heavy atom. The van der Waals surface area contributed by atoms with Crippen LogP contribution in [0.3, 0.4) is 0 Å². The van der Waals surface area contributed by atoms with Crippen LogP contribution in [0.1, 0.15) is 29.5 Å². The van der Waals surface area contributed by atoms with Crippen molar-refractivity contribution in [2.45, 2.75) is 25.3 Å². The summed E-state index contributed by atoms with van der Waals surface area (Å²) in [7, 11) is 0. The largest absolute Gasteiger partial charge is 0.341 e. The van der Waals surface area contributed by atoms with Crippen LogP contribution in [0, 0.1) is 11.8 Å². The molecule has 6 rings (SSSR count). The lowest BCUT2D eigenvalue weighted by Gasteiger charge is -2.32. The van der Waals surface area contributed by atoms with Gasteiger partial charge in [0.1, 0.15) is 0 Å². The van der Waals surface area contributed by atoms with Crippen LogP contribution in [0.25, 0.3) is 16.7 Å². The highest BCUT2D eigenvalue weighted by Gasteiger charge is 2.22. The van der Waals surface area contributed by atoms with Gasteiger partial charge in [-0.15, -0.1) is 0 Å². The zero-order valence-corrected chi connectivity index (χ0v) is 23.4. The first-order valence-corrected chi connectivity index (χ1v) is 14.3. The summed E-state index contributed by atoms with van der Waals surface area (Å²) in [6, 6.07) is 29.5. The topological polar surface area (TPSA) is 63.1 Å². The molecule has 41 heavy (non-hydrogen) atoms. The van der Waals surface area contributed by atoms with Crippen molar-refractivity contribution < 1.29 is 0 Å². The minimum Gasteiger partial charge on any atom is -0.341 e. The van der Waals surface area contributed by atoms with E-state index in [4.69, 9.17) is 21.6 Å². The number of pyridine rings is 1. The monoisotopic (exact) mass is 559 g/mol. The molecule has 3 heterocycles. The van der Waals surface area contributed by atoms with Crippen molar-refractivity contribution in [3.05, 3.63) is 129 Å². The Morgan fingerprint density at radius 3 is 2.41 bits per heavy atom. The van der Waals surface area contributed by atoms with Gasteiger partial charge in [0.25, 0.3) is 5.56 Å². The lowest BCUT2D eigenvalue weighted by atomic mass is 10.0. The first kappa shape index (κ1) is 26.8. The molecule has 1 fully saturated rings. The molecule has 0 amide bonds. The summed E-state index contributed by atoms with van der Waals surface area (Å²) >= 11 is 6.14. The van der Waals surface area contributed by atoms with Gasteiger partial charge in [0.05, 0.1) is 11.1 Å². The highest BCUT2D eigenvalue weighted by atomic mass is 35.5. The van der Waals surface area contributed by atoms with Crippen LogP contribution in [0.2, 0.25) is 5.02 Å². The first-order valence-electron chi connectivity index (χ1n) is 13.9. The number of anilines is 1. The third-order valence-corrected chi connectivity index (χ3v) is 7.63. The van der Waals surface area contributed by atoms with Crippen LogP contribution < -0.4 is 15.8 Å². The molecule has 1 aliphatic heterocycles. The molecule has 1 aliphatic rings. The number of piperidine rings is 1. The van der Waals surface area contributed by atoms with Crippen LogP contribution in [0.15, 0.2) is 102 Å². The summed E-state index contributed by atoms with van der Waals surface area (Å²) < 4.78 is 1.64. The van der Waals surface area contributed by atoms with E-state index in [0.29, 0.717) is 28.2 Å². The fourth-order valence-electron chi connectivity index (χ4n) is 5.23. The Balaban J connectivity index is 1.27. The standard InChI is InChI=1S/C34H30ClN5O/c35-28-11-7-10-26(22-28)14-15-27-23-32(41)40(30-12-5-2-6-13-30)33-31(27)24-37-34(38-33)39-20-17-29(18-21-39)36-19-16-25-8-3-1-4-9-25/h1-13,22-24,29,36H,16-21H2. The smallest absolute Gasteiger partial charge is 0.258 e. The average Bonchev–Trinajstić information content (AvgIpc) is 3.01. The molecular weight excluding hydrogens is 530 g/mol. The van der Waals surface area contributed by atoms with Crippen molar-refractivity contribution >= 4 is 28.6 Å². The summed E-state index contributed by atoms with van der Waals surface area (Å²) in [6.07, 6.45) is 4.83. The van der Waals surface area contributed by atoms with Crippen LogP contribution in [-0.2, 0) is 6.42 Å². The second-order valence-electron chi connectivity index (χ2n) is 10.2. The van der Waals surface area contributed by atoms with Gasteiger partial charge in [-0.05, 0) is 61.7 Å². The van der Waals surface area contributed by atoms with Crippen molar-refractivity contribution in [1.82, 2.24) is 19.9 Å². The van der Waals surface area contributed by atoms with Crippen molar-refractivity contribution in [3.8, 4) is 17.5 Å². The lowest BCUT2D eigenvalue weighted by molar-refractivity contribution is 0.415. The van der Waals surface area contributed by atoms with E-state index in [2.05, 4.69) is 52.4 Å². The maximum atomic E-state index is 13.4. The van der Waals surface area contributed by atoms with Crippen LogP contribution in [0.4, 0.5) is 5.95 Å². The third-order valence-electron chi connectivity index (χ3n) is 7.39. The van der Waals surface area contributed by atoms with E-state index in [1.807, 2.05) is 48.5 Å². The second kappa shape index (κ2) is 12.4. The molecule has 204 valence electrons. The Hall–Kier alpha value is -4.44. The number of fused-ring (bicyclic) bond motifs is 1. The van der Waals surface area contributed by atoms with E-state index >= 15 is 0 Å². The van der Waals surface area contributed by atoms with E-state index in [1.54, 1.807) is 22.9 Å². The highest BCUT2D eigenvalue weighted by Crippen LogP contribution is 2.23. The van der Waals surface area contributed by atoms with Crippen molar-refractivity contribution in [3.63, 3.8) is 0 Å². The molecule has 1 saturated heterocycles. The molecule has 0 aliphatic carbocycles. The Labute approximate surface area is 244 Å². The van der Waals surface area contributed by atoms with Crippen molar-refractivity contribution in [2.75, 3.05) is 24.5 Å². The van der Waals surface area contributed by atoms with Crippen molar-refractivity contribution in [2.24, 2.45) is 0 Å². The fourth-order valence-corrected chi connectivity index (χ4v) is 5.42. The number of halogens is 1. The maximum absolute atomic E-state index is 13.4. The molecule has 2 aromatic heterocycles. The quantitative estimate of drug-likeness (QED) is 0.273. The molecule has 0 spiro atoms. The number of benzene rings is 3. The summed E-state index contributed by atoms with van der Waals surface area (Å²) in [4.78, 5) is 25.4. The van der Waals surface area contributed by atoms with Gasteiger partial charge in [-0.2, -0.15) is 4.98 Å². The van der Waals surface area contributed by atoms with Gasteiger partial charge in [-0.25, -0.2) is 4.98 Å². The number of rotatable bonds is 6. The molecule has 0 atom stereocenters. The third kappa shape index (κ3) is 6.33. The minimum atomic E-state index is -0.190. The Morgan fingerprint density at radius 1 is 0.902 bits per heavy atom. The molecule has 1 N–H and O–H groups in total. The maximum Gasteiger partial charge on any atom is 0.258 e. The lowest BCUT2D eigenvalue weighted by Crippen LogP contribution is -2.43. The van der Waals surface area contributed by atoms with E-state index in [-0.39, 0.29) is 5.56 Å². The normalized spacial score (nSPS) is 13.6. The molecule has 0 radical (unpaired) electrons. The van der Waals surface area contributed by atoms with Gasteiger partial charge in [0.2, 0.25) is 5.95 Å². The van der Waals surface area contributed by atoms with Gasteiger partial charge in [0, 0.05) is 47.5 Å². The first-order chi connectivity index (χ1) is 20.1. The second-order valence-corrected chi connectivity index (χ2v) is 10.6. The summed E-state index contributed by atoms with van der Waals surface area (Å²) in [6.45, 7) is 2.65. The molecule has 0 saturated carbocycles. The molecule has 7 heteroatoms. The number of para-hydroxylation sites is 1. The van der Waals surface area contributed by atoms with E-state index in [9.17, 15) is 4.79 Å². The van der Waals surface area contributed by atoms with Crippen molar-refractivity contribution in [1.29, 1.82) is 0 Å². The Kier molecular flexibility index (Phi) is 8.09. The number of nitrogens with zero attached hydrogens (tertiary/aromatic N) is 4. The van der Waals surface area contributed by atoms with E-state index in [1.165, 1.54) is 5.56 Å². The summed E-state index contributed by atoms with van der Waals surface area (Å²) in [5.74, 6) is 6.93. The minimum absolute atomic E-state index is 0.190. The number of nitrogens with one attached hydrogen (secondary N) is 1. The number of hydrogen-bond acceptors (Lipinski definition) is 5. The van der Waals surface area contributed by atoms with Gasteiger partial charge in [0.15, 0.2) is 5.65 Å². The van der Waals surface area contributed by atoms with Gasteiger partial charge in [-0.3, -0.25) is 9.36 Å². The number of hydrogen-bond donors (Lipinski definition) is 1.